The van der Waals surface area contributed by atoms with Crippen LogP contribution in [0.3, 0.4) is 0 Å². The van der Waals surface area contributed by atoms with Crippen molar-refractivity contribution >= 4 is 17.2 Å². The molecule has 3 rings (SSSR count). The number of carbonyl (C=O) groups excluding carboxylic acids is 1. The molecule has 2 atom stereocenters. The van der Waals surface area contributed by atoms with Crippen LogP contribution in [-0.4, -0.2) is 29.9 Å². The SMILES string of the molecule is CO[C@H](C(=O)N(C)[C@@H]1CCCc2nc(C)sc21)c1ccccc1. The van der Waals surface area contributed by atoms with Crippen LogP contribution < -0.4 is 0 Å². The van der Waals surface area contributed by atoms with Gasteiger partial charge in [0.1, 0.15) is 0 Å². The first-order valence-electron chi connectivity index (χ1n) is 7.92. The van der Waals surface area contributed by atoms with Crippen molar-refractivity contribution in [2.75, 3.05) is 14.2 Å². The Balaban J connectivity index is 1.85. The number of aromatic nitrogens is 1. The van der Waals surface area contributed by atoms with E-state index in [1.54, 1.807) is 18.4 Å². The second kappa shape index (κ2) is 6.81. The molecule has 0 aliphatic heterocycles. The van der Waals surface area contributed by atoms with Crippen molar-refractivity contribution in [3.63, 3.8) is 0 Å². The second-order valence-electron chi connectivity index (χ2n) is 5.93. The van der Waals surface area contributed by atoms with Crippen molar-refractivity contribution in [3.05, 3.63) is 51.5 Å². The lowest BCUT2D eigenvalue weighted by Crippen LogP contribution is -2.36. The Hall–Kier alpha value is -1.72. The number of carbonyl (C=O) groups is 1. The molecule has 1 aromatic heterocycles. The van der Waals surface area contributed by atoms with Crippen LogP contribution in [0.25, 0.3) is 0 Å². The maximum absolute atomic E-state index is 13.0. The molecule has 0 saturated carbocycles. The number of thiazole rings is 1. The molecule has 1 aliphatic rings. The van der Waals surface area contributed by atoms with Crippen molar-refractivity contribution in [3.8, 4) is 0 Å². The van der Waals surface area contributed by atoms with E-state index in [1.165, 1.54) is 4.88 Å². The topological polar surface area (TPSA) is 42.4 Å². The lowest BCUT2D eigenvalue weighted by molar-refractivity contribution is -0.143. The summed E-state index contributed by atoms with van der Waals surface area (Å²) in [7, 11) is 3.47. The van der Waals surface area contributed by atoms with Crippen LogP contribution in [0.1, 0.15) is 46.1 Å². The van der Waals surface area contributed by atoms with Gasteiger partial charge in [0, 0.05) is 14.2 Å². The lowest BCUT2D eigenvalue weighted by atomic mass is 9.96. The third-order valence-electron chi connectivity index (χ3n) is 4.41. The van der Waals surface area contributed by atoms with E-state index in [0.29, 0.717) is 0 Å². The number of likely N-dealkylation sites (N-methyl/N-ethyl adjacent to an activating group) is 1. The predicted molar refractivity (Wildman–Crippen MR) is 91.5 cm³/mol. The highest BCUT2D eigenvalue weighted by Gasteiger charge is 2.33. The summed E-state index contributed by atoms with van der Waals surface area (Å²) in [5.74, 6) is 0.00241. The molecule has 1 aliphatic carbocycles. The van der Waals surface area contributed by atoms with Gasteiger partial charge in [-0.3, -0.25) is 4.79 Å². The van der Waals surface area contributed by atoms with Gasteiger partial charge in [-0.2, -0.15) is 0 Å². The number of nitrogens with zero attached hydrogens (tertiary/aromatic N) is 2. The summed E-state index contributed by atoms with van der Waals surface area (Å²) in [6.45, 7) is 2.03. The fourth-order valence-electron chi connectivity index (χ4n) is 3.23. The summed E-state index contributed by atoms with van der Waals surface area (Å²) in [5, 5.41) is 1.08. The molecule has 0 radical (unpaired) electrons. The van der Waals surface area contributed by atoms with E-state index in [1.807, 2.05) is 49.2 Å². The van der Waals surface area contributed by atoms with E-state index in [0.717, 1.165) is 35.5 Å². The Kier molecular flexibility index (Phi) is 4.78. The standard InChI is InChI=1S/C18H22N2O2S/c1-12-19-14-10-7-11-15(17(14)23-12)20(2)18(21)16(22-3)13-8-5-4-6-9-13/h4-6,8-9,15-16H,7,10-11H2,1-3H3/t15-,16+/m1/s1. The molecule has 23 heavy (non-hydrogen) atoms. The highest BCUT2D eigenvalue weighted by molar-refractivity contribution is 7.11. The molecule has 2 aromatic rings. The molecule has 0 unspecified atom stereocenters. The Morgan fingerprint density at radius 2 is 2.13 bits per heavy atom. The van der Waals surface area contributed by atoms with E-state index < -0.39 is 6.10 Å². The average molecular weight is 330 g/mol. The van der Waals surface area contributed by atoms with Crippen LogP contribution in [0.2, 0.25) is 0 Å². The number of fused-ring (bicyclic) bond motifs is 1. The molecule has 1 heterocycles. The van der Waals surface area contributed by atoms with Crippen LogP contribution >= 0.6 is 11.3 Å². The predicted octanol–water partition coefficient (Wildman–Crippen LogP) is 3.68. The molecule has 1 amide bonds. The van der Waals surface area contributed by atoms with E-state index in [-0.39, 0.29) is 11.9 Å². The summed E-state index contributed by atoms with van der Waals surface area (Å²) < 4.78 is 5.50. The number of hydrogen-bond acceptors (Lipinski definition) is 4. The summed E-state index contributed by atoms with van der Waals surface area (Å²) in [5.41, 5.74) is 2.06. The summed E-state index contributed by atoms with van der Waals surface area (Å²) in [4.78, 5) is 20.7. The minimum Gasteiger partial charge on any atom is -0.367 e. The highest BCUT2D eigenvalue weighted by Crippen LogP contribution is 2.38. The number of hydrogen-bond donors (Lipinski definition) is 0. The van der Waals surface area contributed by atoms with Crippen molar-refractivity contribution in [1.82, 2.24) is 9.88 Å². The van der Waals surface area contributed by atoms with Gasteiger partial charge in [-0.25, -0.2) is 4.98 Å². The fourth-order valence-corrected chi connectivity index (χ4v) is 4.39. The van der Waals surface area contributed by atoms with Gasteiger partial charge in [0.25, 0.3) is 5.91 Å². The summed E-state index contributed by atoms with van der Waals surface area (Å²) in [6, 6.07) is 9.78. The number of amides is 1. The van der Waals surface area contributed by atoms with Crippen molar-refractivity contribution in [2.24, 2.45) is 0 Å². The van der Waals surface area contributed by atoms with Crippen LogP contribution in [0.5, 0.6) is 0 Å². The Morgan fingerprint density at radius 3 is 2.83 bits per heavy atom. The minimum atomic E-state index is -0.555. The zero-order valence-corrected chi connectivity index (χ0v) is 14.6. The normalized spacial score (nSPS) is 18.3. The van der Waals surface area contributed by atoms with Gasteiger partial charge in [-0.05, 0) is 31.7 Å². The monoisotopic (exact) mass is 330 g/mol. The molecule has 0 saturated heterocycles. The zero-order chi connectivity index (χ0) is 16.4. The Bertz CT molecular complexity index is 684. The van der Waals surface area contributed by atoms with Gasteiger partial charge in [0.05, 0.1) is 21.6 Å². The first kappa shape index (κ1) is 16.1. The van der Waals surface area contributed by atoms with Crippen LogP contribution in [0.15, 0.2) is 30.3 Å². The summed E-state index contributed by atoms with van der Waals surface area (Å²) in [6.07, 6.45) is 2.52. The molecular formula is C18H22N2O2S. The quantitative estimate of drug-likeness (QED) is 0.859. The highest BCUT2D eigenvalue weighted by atomic mass is 32.1. The number of methoxy groups -OCH3 is 1. The number of rotatable bonds is 4. The minimum absolute atomic E-state index is 0.00241. The van der Waals surface area contributed by atoms with Gasteiger partial charge in [0.2, 0.25) is 0 Å². The fraction of sp³-hybridized carbons (Fsp3) is 0.444. The smallest absolute Gasteiger partial charge is 0.256 e. The van der Waals surface area contributed by atoms with Crippen LogP contribution in [-0.2, 0) is 16.0 Å². The second-order valence-corrected chi connectivity index (χ2v) is 7.16. The molecule has 4 nitrogen and oxygen atoms in total. The molecule has 122 valence electrons. The molecule has 0 bridgehead atoms. The zero-order valence-electron chi connectivity index (χ0n) is 13.8. The maximum atomic E-state index is 13.0. The van der Waals surface area contributed by atoms with E-state index in [4.69, 9.17) is 4.74 Å². The maximum Gasteiger partial charge on any atom is 0.256 e. The van der Waals surface area contributed by atoms with Gasteiger partial charge >= 0.3 is 0 Å². The molecule has 0 fully saturated rings. The Labute approximate surface area is 141 Å². The first-order chi connectivity index (χ1) is 11.1. The van der Waals surface area contributed by atoms with Crippen molar-refractivity contribution in [1.29, 1.82) is 0 Å². The van der Waals surface area contributed by atoms with E-state index in [9.17, 15) is 4.79 Å². The van der Waals surface area contributed by atoms with E-state index in [2.05, 4.69) is 4.98 Å². The Morgan fingerprint density at radius 1 is 1.39 bits per heavy atom. The number of aryl methyl sites for hydroxylation is 2. The third-order valence-corrected chi connectivity index (χ3v) is 5.52. The third kappa shape index (κ3) is 3.16. The first-order valence-corrected chi connectivity index (χ1v) is 8.74. The number of ether oxygens (including phenoxy) is 1. The van der Waals surface area contributed by atoms with Crippen LogP contribution in [0, 0.1) is 6.92 Å². The van der Waals surface area contributed by atoms with Gasteiger partial charge in [-0.1, -0.05) is 30.3 Å². The van der Waals surface area contributed by atoms with Crippen molar-refractivity contribution < 1.29 is 9.53 Å². The molecule has 0 N–H and O–H groups in total. The number of benzene rings is 1. The van der Waals surface area contributed by atoms with Gasteiger partial charge in [-0.15, -0.1) is 11.3 Å². The van der Waals surface area contributed by atoms with Gasteiger partial charge < -0.3 is 9.64 Å². The van der Waals surface area contributed by atoms with Crippen molar-refractivity contribution in [2.45, 2.75) is 38.3 Å². The molecule has 1 aromatic carbocycles. The largest absolute Gasteiger partial charge is 0.367 e. The van der Waals surface area contributed by atoms with Crippen LogP contribution in [0.4, 0.5) is 0 Å². The van der Waals surface area contributed by atoms with E-state index >= 15 is 0 Å². The molecule has 0 spiro atoms. The molecular weight excluding hydrogens is 308 g/mol. The summed E-state index contributed by atoms with van der Waals surface area (Å²) >= 11 is 1.71. The lowest BCUT2D eigenvalue weighted by Gasteiger charge is -2.33. The molecule has 5 heteroatoms. The average Bonchev–Trinajstić information content (AvgIpc) is 2.95. The van der Waals surface area contributed by atoms with Gasteiger partial charge in [0.15, 0.2) is 6.10 Å².